The van der Waals surface area contributed by atoms with Gasteiger partial charge in [0.05, 0.1) is 13.0 Å². The van der Waals surface area contributed by atoms with E-state index in [2.05, 4.69) is 10.6 Å². The normalized spacial score (nSPS) is 18.6. The maximum atomic E-state index is 11.4. The van der Waals surface area contributed by atoms with Crippen LogP contribution in [-0.2, 0) is 19.2 Å². The predicted molar refractivity (Wildman–Crippen MR) is 56.1 cm³/mol. The molecule has 1 fully saturated rings. The molecule has 1 saturated heterocycles. The molecular weight excluding hydrogens is 228 g/mol. The van der Waals surface area contributed by atoms with Crippen LogP contribution in [0.2, 0.25) is 0 Å². The minimum absolute atomic E-state index is 0.105. The van der Waals surface area contributed by atoms with Crippen molar-refractivity contribution < 1.29 is 24.3 Å². The molecule has 0 unspecified atom stereocenters. The number of amides is 2. The van der Waals surface area contributed by atoms with Crippen molar-refractivity contribution in [2.24, 2.45) is 0 Å². The smallest absolute Gasteiger partial charge is 0.303 e. The molecule has 1 atom stereocenters. The second-order valence-corrected chi connectivity index (χ2v) is 3.81. The van der Waals surface area contributed by atoms with Crippen LogP contribution in [0, 0.1) is 0 Å². The van der Waals surface area contributed by atoms with Crippen LogP contribution in [0.25, 0.3) is 0 Å². The number of carboxylic acid groups (broad SMARTS) is 1. The zero-order chi connectivity index (χ0) is 12.8. The van der Waals surface area contributed by atoms with Gasteiger partial charge < -0.3 is 15.7 Å². The highest BCUT2D eigenvalue weighted by Crippen LogP contribution is 2.05. The summed E-state index contributed by atoms with van der Waals surface area (Å²) in [5, 5.41) is 13.2. The van der Waals surface area contributed by atoms with Crippen molar-refractivity contribution in [1.29, 1.82) is 0 Å². The highest BCUT2D eigenvalue weighted by Gasteiger charge is 2.27. The summed E-state index contributed by atoms with van der Waals surface area (Å²) in [5.41, 5.74) is 0. The molecule has 3 N–H and O–H groups in total. The summed E-state index contributed by atoms with van der Waals surface area (Å²) >= 11 is 0. The zero-order valence-electron chi connectivity index (χ0n) is 9.19. The number of carbonyl (C=O) groups excluding carboxylic acids is 3. The summed E-state index contributed by atoms with van der Waals surface area (Å²) in [4.78, 5) is 43.7. The third-order valence-electron chi connectivity index (χ3n) is 2.39. The van der Waals surface area contributed by atoms with Gasteiger partial charge in [0, 0.05) is 12.8 Å². The number of hydrogen-bond acceptors (Lipinski definition) is 4. The second-order valence-electron chi connectivity index (χ2n) is 3.81. The Balaban J connectivity index is 2.21. The second kappa shape index (κ2) is 5.97. The molecule has 0 spiro atoms. The number of ketones is 1. The van der Waals surface area contributed by atoms with E-state index in [0.717, 1.165) is 0 Å². The minimum Gasteiger partial charge on any atom is -0.481 e. The third-order valence-corrected chi connectivity index (χ3v) is 2.39. The van der Waals surface area contributed by atoms with E-state index in [-0.39, 0.29) is 31.1 Å². The molecule has 1 aliphatic heterocycles. The van der Waals surface area contributed by atoms with Gasteiger partial charge in [-0.05, 0) is 6.42 Å². The van der Waals surface area contributed by atoms with Crippen molar-refractivity contribution >= 4 is 23.6 Å². The quantitative estimate of drug-likeness (QED) is 0.542. The van der Waals surface area contributed by atoms with E-state index < -0.39 is 17.9 Å². The fourth-order valence-corrected chi connectivity index (χ4v) is 1.45. The van der Waals surface area contributed by atoms with Crippen molar-refractivity contribution in [2.45, 2.75) is 31.7 Å². The van der Waals surface area contributed by atoms with Gasteiger partial charge >= 0.3 is 5.97 Å². The maximum Gasteiger partial charge on any atom is 0.303 e. The van der Waals surface area contributed by atoms with Gasteiger partial charge in [0.2, 0.25) is 11.8 Å². The lowest BCUT2D eigenvalue weighted by atomic mass is 10.2. The molecule has 7 nitrogen and oxygen atoms in total. The van der Waals surface area contributed by atoms with E-state index in [1.807, 2.05) is 0 Å². The molecular formula is C10H14N2O5. The SMILES string of the molecule is O=C(O)CCC(=O)CNC(=O)[C@@H]1CCC(=O)N1. The Morgan fingerprint density at radius 3 is 2.59 bits per heavy atom. The Labute approximate surface area is 97.6 Å². The molecule has 0 radical (unpaired) electrons. The van der Waals surface area contributed by atoms with Gasteiger partial charge in [-0.3, -0.25) is 19.2 Å². The van der Waals surface area contributed by atoms with Gasteiger partial charge in [0.15, 0.2) is 5.78 Å². The summed E-state index contributed by atoms with van der Waals surface area (Å²) in [5.74, 6) is -1.97. The van der Waals surface area contributed by atoms with Gasteiger partial charge in [-0.15, -0.1) is 0 Å². The fraction of sp³-hybridized carbons (Fsp3) is 0.600. The van der Waals surface area contributed by atoms with Crippen LogP contribution >= 0.6 is 0 Å². The summed E-state index contributed by atoms with van der Waals surface area (Å²) in [6.07, 6.45) is 0.389. The average molecular weight is 242 g/mol. The first-order valence-electron chi connectivity index (χ1n) is 5.29. The van der Waals surface area contributed by atoms with Crippen LogP contribution in [0.1, 0.15) is 25.7 Å². The van der Waals surface area contributed by atoms with Crippen LogP contribution in [0.15, 0.2) is 0 Å². The lowest BCUT2D eigenvalue weighted by Crippen LogP contribution is -2.43. The Kier molecular flexibility index (Phi) is 4.62. The molecule has 94 valence electrons. The molecule has 0 aliphatic carbocycles. The lowest BCUT2D eigenvalue weighted by Gasteiger charge is -2.09. The molecule has 2 amide bonds. The Morgan fingerprint density at radius 2 is 2.06 bits per heavy atom. The molecule has 0 saturated carbocycles. The fourth-order valence-electron chi connectivity index (χ4n) is 1.45. The third kappa shape index (κ3) is 4.62. The highest BCUT2D eigenvalue weighted by molar-refractivity contribution is 5.93. The molecule has 0 aromatic rings. The van der Waals surface area contributed by atoms with E-state index in [1.54, 1.807) is 0 Å². The first-order valence-corrected chi connectivity index (χ1v) is 5.29. The number of rotatable bonds is 6. The Bertz CT molecular complexity index is 353. The lowest BCUT2D eigenvalue weighted by molar-refractivity contribution is -0.138. The van der Waals surface area contributed by atoms with Crippen LogP contribution < -0.4 is 10.6 Å². The van der Waals surface area contributed by atoms with Crippen LogP contribution in [0.3, 0.4) is 0 Å². The molecule has 1 aliphatic rings. The number of aliphatic carboxylic acids is 1. The molecule has 7 heteroatoms. The number of nitrogens with one attached hydrogen (secondary N) is 2. The van der Waals surface area contributed by atoms with Crippen molar-refractivity contribution in [1.82, 2.24) is 10.6 Å². The maximum absolute atomic E-state index is 11.4. The zero-order valence-corrected chi connectivity index (χ0v) is 9.19. The predicted octanol–water partition coefficient (Wildman–Crippen LogP) is -1.18. The Hall–Kier alpha value is -1.92. The van der Waals surface area contributed by atoms with E-state index >= 15 is 0 Å². The van der Waals surface area contributed by atoms with Crippen molar-refractivity contribution in [3.05, 3.63) is 0 Å². The van der Waals surface area contributed by atoms with E-state index in [9.17, 15) is 19.2 Å². The Morgan fingerprint density at radius 1 is 1.35 bits per heavy atom. The van der Waals surface area contributed by atoms with E-state index in [4.69, 9.17) is 5.11 Å². The number of carbonyl (C=O) groups is 4. The standard InChI is InChI=1S/C10H14N2O5/c13-6(1-4-9(15)16)5-11-10(17)7-2-3-8(14)12-7/h7H,1-5H2,(H,11,17)(H,12,14)(H,15,16)/t7-/m0/s1. The highest BCUT2D eigenvalue weighted by atomic mass is 16.4. The molecule has 1 heterocycles. The first-order chi connectivity index (χ1) is 7.99. The molecule has 0 aromatic carbocycles. The first kappa shape index (κ1) is 13.1. The minimum atomic E-state index is -1.05. The van der Waals surface area contributed by atoms with E-state index in [0.29, 0.717) is 12.8 Å². The summed E-state index contributed by atoms with van der Waals surface area (Å²) in [7, 11) is 0. The molecule has 17 heavy (non-hydrogen) atoms. The van der Waals surface area contributed by atoms with Crippen molar-refractivity contribution in [3.63, 3.8) is 0 Å². The van der Waals surface area contributed by atoms with Crippen molar-refractivity contribution in [3.8, 4) is 0 Å². The molecule has 0 bridgehead atoms. The van der Waals surface area contributed by atoms with Crippen LogP contribution in [0.5, 0.6) is 0 Å². The van der Waals surface area contributed by atoms with Crippen LogP contribution in [0.4, 0.5) is 0 Å². The largest absolute Gasteiger partial charge is 0.481 e. The van der Waals surface area contributed by atoms with Gasteiger partial charge in [-0.2, -0.15) is 0 Å². The summed E-state index contributed by atoms with van der Waals surface area (Å²) in [6.45, 7) is -0.196. The number of Topliss-reactive ketones (excluding diaryl/α,β-unsaturated/α-hetero) is 1. The molecule has 1 rings (SSSR count). The van der Waals surface area contributed by atoms with Crippen molar-refractivity contribution in [2.75, 3.05) is 6.54 Å². The molecule has 0 aromatic heterocycles. The summed E-state index contributed by atoms with van der Waals surface area (Å²) < 4.78 is 0. The van der Waals surface area contributed by atoms with Gasteiger partial charge in [0.25, 0.3) is 0 Å². The van der Waals surface area contributed by atoms with Gasteiger partial charge in [0.1, 0.15) is 6.04 Å². The van der Waals surface area contributed by atoms with E-state index in [1.165, 1.54) is 0 Å². The van der Waals surface area contributed by atoms with Crippen LogP contribution in [-0.4, -0.2) is 41.3 Å². The average Bonchev–Trinajstić information content (AvgIpc) is 2.70. The number of hydrogen-bond donors (Lipinski definition) is 3. The summed E-state index contributed by atoms with van der Waals surface area (Å²) in [6, 6.07) is -0.574. The van der Waals surface area contributed by atoms with Gasteiger partial charge in [-0.1, -0.05) is 0 Å². The van der Waals surface area contributed by atoms with Gasteiger partial charge in [-0.25, -0.2) is 0 Å². The topological polar surface area (TPSA) is 113 Å². The monoisotopic (exact) mass is 242 g/mol. The number of carboxylic acids is 1.